The number of urea groups is 1. The zero-order valence-electron chi connectivity index (χ0n) is 18.4. The number of rotatable bonds is 9. The highest BCUT2D eigenvalue weighted by Crippen LogP contribution is 2.36. The molecule has 1 fully saturated rings. The average molecular weight is 435 g/mol. The maximum Gasteiger partial charge on any atom is 0.322 e. The van der Waals surface area contributed by atoms with Crippen LogP contribution in [0.5, 0.6) is 0 Å². The second-order valence-electron chi connectivity index (χ2n) is 8.63. The zero-order chi connectivity index (χ0) is 22.0. The molecule has 0 saturated carbocycles. The molecule has 2 amide bonds. The molecule has 4 heterocycles. The molecular formula is C23H30N8O. The van der Waals surface area contributed by atoms with Crippen molar-refractivity contribution >= 4 is 11.7 Å². The molecule has 9 heteroatoms. The van der Waals surface area contributed by atoms with Crippen LogP contribution in [0, 0.1) is 0 Å². The van der Waals surface area contributed by atoms with E-state index in [0.29, 0.717) is 13.0 Å². The van der Waals surface area contributed by atoms with E-state index in [9.17, 15) is 4.79 Å². The van der Waals surface area contributed by atoms with Gasteiger partial charge in [-0.05, 0) is 31.2 Å². The lowest BCUT2D eigenvalue weighted by atomic mass is 10.1. The van der Waals surface area contributed by atoms with Gasteiger partial charge in [0.25, 0.3) is 5.79 Å². The number of hydrogen-bond donors (Lipinski definition) is 2. The SMILES string of the molecule is CCCCCC1N=C2CNC(=O)N3C(CCCn4cc(-c5ccccc5)cn4)N=NC23N1. The monoisotopic (exact) mass is 434 g/mol. The number of amides is 2. The highest BCUT2D eigenvalue weighted by Gasteiger charge is 2.58. The van der Waals surface area contributed by atoms with Crippen LogP contribution >= 0.6 is 0 Å². The molecule has 3 unspecified atom stereocenters. The van der Waals surface area contributed by atoms with E-state index in [1.807, 2.05) is 29.1 Å². The van der Waals surface area contributed by atoms with Crippen LogP contribution in [-0.4, -0.2) is 51.1 Å². The third kappa shape index (κ3) is 3.81. The van der Waals surface area contributed by atoms with Gasteiger partial charge in [-0.25, -0.2) is 10.1 Å². The fourth-order valence-electron chi connectivity index (χ4n) is 4.70. The van der Waals surface area contributed by atoms with E-state index in [2.05, 4.69) is 51.2 Å². The zero-order valence-corrected chi connectivity index (χ0v) is 18.4. The molecule has 9 nitrogen and oxygen atoms in total. The summed E-state index contributed by atoms with van der Waals surface area (Å²) in [4.78, 5) is 19.3. The van der Waals surface area contributed by atoms with Gasteiger partial charge in [-0.15, -0.1) is 5.11 Å². The van der Waals surface area contributed by atoms with Gasteiger partial charge in [0, 0.05) is 18.3 Å². The Labute approximate surface area is 188 Å². The largest absolute Gasteiger partial charge is 0.332 e. The predicted octanol–water partition coefficient (Wildman–Crippen LogP) is 3.75. The Morgan fingerprint density at radius 2 is 2.00 bits per heavy atom. The van der Waals surface area contributed by atoms with Gasteiger partial charge < -0.3 is 5.32 Å². The highest BCUT2D eigenvalue weighted by atomic mass is 16.2. The molecule has 2 N–H and O–H groups in total. The molecule has 2 aromatic rings. The third-order valence-corrected chi connectivity index (χ3v) is 6.36. The first kappa shape index (κ1) is 20.8. The summed E-state index contributed by atoms with van der Waals surface area (Å²) in [5.41, 5.74) is 3.12. The van der Waals surface area contributed by atoms with Gasteiger partial charge in [-0.3, -0.25) is 14.6 Å². The summed E-state index contributed by atoms with van der Waals surface area (Å²) in [6.07, 6.45) is 9.61. The summed E-state index contributed by atoms with van der Waals surface area (Å²) in [5.74, 6) is -0.893. The molecule has 3 atom stereocenters. The smallest absolute Gasteiger partial charge is 0.322 e. The normalized spacial score (nSPS) is 26.1. The quantitative estimate of drug-likeness (QED) is 0.588. The van der Waals surface area contributed by atoms with Crippen LogP contribution in [0.3, 0.4) is 0 Å². The summed E-state index contributed by atoms with van der Waals surface area (Å²) in [6, 6.07) is 10.1. The molecule has 1 spiro atoms. The molecule has 3 aliphatic rings. The van der Waals surface area contributed by atoms with Crippen LogP contribution in [0.2, 0.25) is 0 Å². The maximum atomic E-state index is 12.8. The molecule has 168 valence electrons. The van der Waals surface area contributed by atoms with E-state index in [4.69, 9.17) is 4.99 Å². The molecule has 32 heavy (non-hydrogen) atoms. The fourth-order valence-corrected chi connectivity index (χ4v) is 4.70. The number of aryl methyl sites for hydroxylation is 1. The molecule has 1 aromatic heterocycles. The number of carbonyl (C=O) groups excluding carboxylic acids is 1. The molecule has 0 bridgehead atoms. The number of unbranched alkanes of at least 4 members (excludes halogenated alkanes) is 2. The number of benzene rings is 1. The number of carbonyl (C=O) groups is 1. The van der Waals surface area contributed by atoms with Crippen molar-refractivity contribution in [3.8, 4) is 11.1 Å². The molecule has 0 aliphatic carbocycles. The number of aromatic nitrogens is 2. The van der Waals surface area contributed by atoms with Gasteiger partial charge >= 0.3 is 6.03 Å². The standard InChI is InChI=1S/C23H30N8O/c1-2-3-5-11-20-26-19-15-24-22(32)31-21(28-29-23(19,31)27-20)12-8-13-30-16-18(14-25-30)17-9-6-4-7-10-17/h4,6-7,9-10,14,16,20-21,27H,2-3,5,8,11-13,15H2,1H3,(H,24,32). The predicted molar refractivity (Wildman–Crippen MR) is 122 cm³/mol. The van der Waals surface area contributed by atoms with E-state index >= 15 is 0 Å². The van der Waals surface area contributed by atoms with Crippen molar-refractivity contribution in [3.05, 3.63) is 42.7 Å². The van der Waals surface area contributed by atoms with Crippen LogP contribution in [0.1, 0.15) is 45.4 Å². The van der Waals surface area contributed by atoms with Crippen molar-refractivity contribution in [1.82, 2.24) is 25.3 Å². The van der Waals surface area contributed by atoms with Crippen molar-refractivity contribution in [3.63, 3.8) is 0 Å². The molecule has 5 rings (SSSR count). The topological polar surface area (TPSA) is 99.3 Å². The minimum absolute atomic E-state index is 0.00932. The van der Waals surface area contributed by atoms with Gasteiger partial charge in [-0.2, -0.15) is 10.2 Å². The van der Waals surface area contributed by atoms with E-state index in [1.165, 1.54) is 12.8 Å². The van der Waals surface area contributed by atoms with Gasteiger partial charge in [0.05, 0.1) is 18.5 Å². The Bertz CT molecular complexity index is 1020. The highest BCUT2D eigenvalue weighted by molar-refractivity contribution is 6.03. The van der Waals surface area contributed by atoms with E-state index in [0.717, 1.165) is 42.6 Å². The summed E-state index contributed by atoms with van der Waals surface area (Å²) in [7, 11) is 0. The van der Waals surface area contributed by atoms with Gasteiger partial charge in [-0.1, -0.05) is 50.1 Å². The van der Waals surface area contributed by atoms with Crippen molar-refractivity contribution < 1.29 is 4.79 Å². The van der Waals surface area contributed by atoms with Crippen molar-refractivity contribution in [2.45, 2.75) is 70.1 Å². The Hall–Kier alpha value is -3.07. The lowest BCUT2D eigenvalue weighted by molar-refractivity contribution is 0.117. The fraction of sp³-hybridized carbons (Fsp3) is 0.522. The Balaban J connectivity index is 1.20. The second-order valence-corrected chi connectivity index (χ2v) is 8.63. The lowest BCUT2D eigenvalue weighted by Gasteiger charge is -2.39. The maximum absolute atomic E-state index is 12.8. The van der Waals surface area contributed by atoms with Crippen LogP contribution in [0.25, 0.3) is 11.1 Å². The summed E-state index contributed by atoms with van der Waals surface area (Å²) < 4.78 is 1.95. The van der Waals surface area contributed by atoms with Crippen LogP contribution in [-0.2, 0) is 6.54 Å². The summed E-state index contributed by atoms with van der Waals surface area (Å²) in [6.45, 7) is 3.38. The molecule has 1 saturated heterocycles. The number of azo groups is 1. The van der Waals surface area contributed by atoms with E-state index in [1.54, 1.807) is 4.90 Å². The average Bonchev–Trinajstić information content (AvgIpc) is 3.52. The first-order chi connectivity index (χ1) is 15.7. The summed E-state index contributed by atoms with van der Waals surface area (Å²) >= 11 is 0. The Kier molecular flexibility index (Phi) is 5.73. The van der Waals surface area contributed by atoms with E-state index in [-0.39, 0.29) is 18.4 Å². The van der Waals surface area contributed by atoms with Crippen molar-refractivity contribution in [2.24, 2.45) is 15.2 Å². The number of aliphatic imine (C=N–C) groups is 1. The summed E-state index contributed by atoms with van der Waals surface area (Å²) in [5, 5.41) is 20.0. The number of nitrogens with zero attached hydrogens (tertiary/aromatic N) is 6. The van der Waals surface area contributed by atoms with Gasteiger partial charge in [0.1, 0.15) is 12.3 Å². The first-order valence-electron chi connectivity index (χ1n) is 11.6. The molecule has 0 radical (unpaired) electrons. The third-order valence-electron chi connectivity index (χ3n) is 6.36. The lowest BCUT2D eigenvalue weighted by Crippen LogP contribution is -2.69. The van der Waals surface area contributed by atoms with E-state index < -0.39 is 5.79 Å². The molecular weight excluding hydrogens is 404 g/mol. The van der Waals surface area contributed by atoms with Crippen LogP contribution in [0.15, 0.2) is 57.9 Å². The minimum Gasteiger partial charge on any atom is -0.332 e. The first-order valence-corrected chi connectivity index (χ1v) is 11.6. The van der Waals surface area contributed by atoms with Gasteiger partial charge in [0.2, 0.25) is 0 Å². The molecule has 3 aliphatic heterocycles. The van der Waals surface area contributed by atoms with Crippen LogP contribution < -0.4 is 10.6 Å². The Morgan fingerprint density at radius 3 is 2.84 bits per heavy atom. The second kappa shape index (κ2) is 8.82. The number of nitrogens with one attached hydrogen (secondary N) is 2. The molecule has 1 aromatic carbocycles. The van der Waals surface area contributed by atoms with Gasteiger partial charge in [0.15, 0.2) is 0 Å². The minimum atomic E-state index is -0.893. The van der Waals surface area contributed by atoms with Crippen molar-refractivity contribution in [1.29, 1.82) is 0 Å². The Morgan fingerprint density at radius 1 is 1.12 bits per heavy atom. The number of hydrogen-bond acceptors (Lipinski definition) is 6. The van der Waals surface area contributed by atoms with Crippen molar-refractivity contribution in [2.75, 3.05) is 6.54 Å². The van der Waals surface area contributed by atoms with Crippen LogP contribution in [0.4, 0.5) is 4.79 Å².